The van der Waals surface area contributed by atoms with Crippen molar-refractivity contribution >= 4 is 27.8 Å². The molecule has 0 aromatic carbocycles. The van der Waals surface area contributed by atoms with Crippen LogP contribution in [0.5, 0.6) is 0 Å². The molecule has 18 heavy (non-hydrogen) atoms. The summed E-state index contributed by atoms with van der Waals surface area (Å²) in [6.07, 6.45) is -0.117. The van der Waals surface area contributed by atoms with Gasteiger partial charge in [-0.1, -0.05) is 0 Å². The molecular weight excluding hydrogens is 300 g/mol. The molecule has 0 radical (unpaired) electrons. The van der Waals surface area contributed by atoms with Crippen molar-refractivity contribution in [3.63, 3.8) is 0 Å². The van der Waals surface area contributed by atoms with Crippen LogP contribution in [0, 0.1) is 13.8 Å². The number of hydrogen-bond acceptors (Lipinski definition) is 3. The predicted octanol–water partition coefficient (Wildman–Crippen LogP) is 2.05. The number of nitrogens with one attached hydrogen (secondary N) is 1. The van der Waals surface area contributed by atoms with Crippen molar-refractivity contribution in [2.24, 2.45) is 0 Å². The molecule has 2 N–H and O–H groups in total. The number of aryl methyl sites for hydroxylation is 2. The minimum atomic E-state index is -0.949. The van der Waals surface area contributed by atoms with E-state index in [1.165, 1.54) is 0 Å². The van der Waals surface area contributed by atoms with Gasteiger partial charge in [-0.2, -0.15) is 0 Å². The molecule has 0 aliphatic rings. The Morgan fingerprint density at radius 3 is 2.67 bits per heavy atom. The average Bonchev–Trinajstić information content (AvgIpc) is 2.21. The fraction of sp³-hybridized carbons (Fsp3) is 0.417. The van der Waals surface area contributed by atoms with Crippen molar-refractivity contribution in [2.45, 2.75) is 33.2 Å². The lowest BCUT2D eigenvalue weighted by Crippen LogP contribution is -2.35. The Kier molecular flexibility index (Phi) is 4.84. The number of amides is 1. The zero-order chi connectivity index (χ0) is 13.9. The van der Waals surface area contributed by atoms with E-state index in [2.05, 4.69) is 26.2 Å². The molecule has 1 aromatic rings. The van der Waals surface area contributed by atoms with Crippen molar-refractivity contribution in [2.75, 3.05) is 0 Å². The van der Waals surface area contributed by atoms with Gasteiger partial charge in [-0.3, -0.25) is 9.59 Å². The second-order valence-electron chi connectivity index (χ2n) is 4.19. The monoisotopic (exact) mass is 314 g/mol. The highest BCUT2D eigenvalue weighted by Gasteiger charge is 2.17. The topological polar surface area (TPSA) is 79.3 Å². The second kappa shape index (κ2) is 5.95. The van der Waals surface area contributed by atoms with Gasteiger partial charge >= 0.3 is 5.97 Å². The van der Waals surface area contributed by atoms with E-state index < -0.39 is 12.0 Å². The van der Waals surface area contributed by atoms with Crippen molar-refractivity contribution in [3.8, 4) is 0 Å². The number of pyridine rings is 1. The summed E-state index contributed by atoms with van der Waals surface area (Å²) in [5, 5.41) is 11.2. The molecule has 1 rings (SSSR count). The number of halogens is 1. The molecule has 0 saturated carbocycles. The fourth-order valence-electron chi connectivity index (χ4n) is 1.44. The first kappa shape index (κ1) is 14.6. The summed E-state index contributed by atoms with van der Waals surface area (Å²) in [7, 11) is 0. The molecule has 6 heteroatoms. The van der Waals surface area contributed by atoms with Gasteiger partial charge < -0.3 is 10.4 Å². The highest BCUT2D eigenvalue weighted by atomic mass is 79.9. The summed E-state index contributed by atoms with van der Waals surface area (Å²) in [4.78, 5) is 26.6. The standard InChI is InChI=1S/C12H15BrN2O3/c1-6-4-9(13)11(15-8(6)3)12(18)14-7(2)5-10(16)17/h4,7H,5H2,1-3H3,(H,14,18)(H,16,17)/t7-/m1/s1. The van der Waals surface area contributed by atoms with Gasteiger partial charge in [0.1, 0.15) is 5.69 Å². The number of carbonyl (C=O) groups excluding carboxylic acids is 1. The maximum absolute atomic E-state index is 11.9. The van der Waals surface area contributed by atoms with Gasteiger partial charge in [0.05, 0.1) is 6.42 Å². The van der Waals surface area contributed by atoms with Crippen LogP contribution in [0.2, 0.25) is 0 Å². The highest BCUT2D eigenvalue weighted by molar-refractivity contribution is 9.10. The number of carboxylic acids is 1. The summed E-state index contributed by atoms with van der Waals surface area (Å²) in [6, 6.07) is 1.38. The number of aliphatic carboxylic acids is 1. The molecular formula is C12H15BrN2O3. The summed E-state index contributed by atoms with van der Waals surface area (Å²) >= 11 is 3.28. The van der Waals surface area contributed by atoms with E-state index in [-0.39, 0.29) is 18.0 Å². The quantitative estimate of drug-likeness (QED) is 0.891. The Labute approximate surface area is 114 Å². The lowest BCUT2D eigenvalue weighted by atomic mass is 10.2. The van der Waals surface area contributed by atoms with Crippen molar-refractivity contribution in [1.29, 1.82) is 0 Å². The molecule has 0 fully saturated rings. The second-order valence-corrected chi connectivity index (χ2v) is 5.05. The van der Waals surface area contributed by atoms with Crippen LogP contribution in [0.4, 0.5) is 0 Å². The van der Waals surface area contributed by atoms with Gasteiger partial charge in [0, 0.05) is 16.2 Å². The van der Waals surface area contributed by atoms with Crippen LogP contribution in [0.3, 0.4) is 0 Å². The summed E-state index contributed by atoms with van der Waals surface area (Å²) in [5.41, 5.74) is 2.03. The predicted molar refractivity (Wildman–Crippen MR) is 70.6 cm³/mol. The van der Waals surface area contributed by atoms with E-state index in [1.807, 2.05) is 19.9 Å². The number of carboxylic acid groups (broad SMARTS) is 1. The van der Waals surface area contributed by atoms with Gasteiger partial charge in [-0.15, -0.1) is 0 Å². The summed E-state index contributed by atoms with van der Waals surface area (Å²) < 4.78 is 0.602. The highest BCUT2D eigenvalue weighted by Crippen LogP contribution is 2.18. The lowest BCUT2D eigenvalue weighted by Gasteiger charge is -2.13. The van der Waals surface area contributed by atoms with Gasteiger partial charge in [0.2, 0.25) is 0 Å². The van der Waals surface area contributed by atoms with Crippen LogP contribution in [0.15, 0.2) is 10.5 Å². The largest absolute Gasteiger partial charge is 0.481 e. The molecule has 0 aliphatic heterocycles. The normalized spacial score (nSPS) is 12.0. The molecule has 98 valence electrons. The Hall–Kier alpha value is -1.43. The number of rotatable bonds is 4. The minimum absolute atomic E-state index is 0.117. The summed E-state index contributed by atoms with van der Waals surface area (Å²) in [6.45, 7) is 5.36. The van der Waals surface area contributed by atoms with Crippen LogP contribution in [0.1, 0.15) is 35.1 Å². The smallest absolute Gasteiger partial charge is 0.305 e. The Bertz CT molecular complexity index is 488. The molecule has 0 aliphatic carbocycles. The molecule has 0 spiro atoms. The third-order valence-electron chi connectivity index (χ3n) is 2.49. The van der Waals surface area contributed by atoms with Gasteiger partial charge in [-0.25, -0.2) is 4.98 Å². The van der Waals surface area contributed by atoms with Crippen molar-refractivity contribution in [3.05, 3.63) is 27.5 Å². The number of nitrogens with zero attached hydrogens (tertiary/aromatic N) is 1. The van der Waals surface area contributed by atoms with Gasteiger partial charge in [0.15, 0.2) is 0 Å². The maximum Gasteiger partial charge on any atom is 0.305 e. The first-order chi connectivity index (χ1) is 8.31. The van der Waals surface area contributed by atoms with Crippen LogP contribution < -0.4 is 5.32 Å². The van der Waals surface area contributed by atoms with E-state index in [9.17, 15) is 9.59 Å². The molecule has 1 heterocycles. The van der Waals surface area contributed by atoms with Crippen LogP contribution in [-0.2, 0) is 4.79 Å². The first-order valence-electron chi connectivity index (χ1n) is 5.47. The third-order valence-corrected chi connectivity index (χ3v) is 3.10. The van der Waals surface area contributed by atoms with E-state index in [0.29, 0.717) is 4.47 Å². The molecule has 1 aromatic heterocycles. The first-order valence-corrected chi connectivity index (χ1v) is 6.27. The summed E-state index contributed by atoms with van der Waals surface area (Å²) in [5.74, 6) is -1.33. The van der Waals surface area contributed by atoms with E-state index >= 15 is 0 Å². The molecule has 5 nitrogen and oxygen atoms in total. The number of aromatic nitrogens is 1. The van der Waals surface area contributed by atoms with Gasteiger partial charge in [0.25, 0.3) is 5.91 Å². The number of hydrogen-bond donors (Lipinski definition) is 2. The zero-order valence-corrected chi connectivity index (χ0v) is 12.0. The molecule has 0 unspecified atom stereocenters. The average molecular weight is 315 g/mol. The fourth-order valence-corrected chi connectivity index (χ4v) is 2.05. The molecule has 0 bridgehead atoms. The Morgan fingerprint density at radius 2 is 2.11 bits per heavy atom. The molecule has 1 amide bonds. The number of carbonyl (C=O) groups is 2. The van der Waals surface area contributed by atoms with E-state index in [1.54, 1.807) is 6.92 Å². The molecule has 1 atom stereocenters. The minimum Gasteiger partial charge on any atom is -0.481 e. The third kappa shape index (κ3) is 3.80. The lowest BCUT2D eigenvalue weighted by molar-refractivity contribution is -0.137. The Morgan fingerprint density at radius 1 is 1.50 bits per heavy atom. The maximum atomic E-state index is 11.9. The van der Waals surface area contributed by atoms with Crippen molar-refractivity contribution < 1.29 is 14.7 Å². The zero-order valence-electron chi connectivity index (χ0n) is 10.5. The van der Waals surface area contributed by atoms with Gasteiger partial charge in [-0.05, 0) is 48.3 Å². The van der Waals surface area contributed by atoms with E-state index in [4.69, 9.17) is 5.11 Å². The van der Waals surface area contributed by atoms with Crippen LogP contribution in [0.25, 0.3) is 0 Å². The SMILES string of the molecule is Cc1cc(Br)c(C(=O)N[C@H](C)CC(=O)O)nc1C. The van der Waals surface area contributed by atoms with E-state index in [0.717, 1.165) is 11.3 Å². The Balaban J connectivity index is 2.85. The van der Waals surface area contributed by atoms with Crippen molar-refractivity contribution in [1.82, 2.24) is 10.3 Å². The van der Waals surface area contributed by atoms with Crippen LogP contribution >= 0.6 is 15.9 Å². The van der Waals surface area contributed by atoms with Crippen LogP contribution in [-0.4, -0.2) is 28.0 Å². The molecule has 0 saturated heterocycles.